The Kier molecular flexibility index (Phi) is 9.44. The van der Waals surface area contributed by atoms with Gasteiger partial charge in [0.2, 0.25) is 0 Å². The minimum Gasteiger partial charge on any atom is -0.481 e. The fourth-order valence-corrected chi connectivity index (χ4v) is 8.28. The van der Waals surface area contributed by atoms with E-state index in [0.717, 1.165) is 12.8 Å². The molecule has 3 fully saturated rings. The third-order valence-electron chi connectivity index (χ3n) is 10.6. The molecular weight excluding hydrogens is 564 g/mol. The van der Waals surface area contributed by atoms with Crippen molar-refractivity contribution in [3.63, 3.8) is 0 Å². The van der Waals surface area contributed by atoms with Gasteiger partial charge in [-0.05, 0) is 73.1 Å². The van der Waals surface area contributed by atoms with Gasteiger partial charge in [-0.1, -0.05) is 50.2 Å². The molecule has 0 amide bonds. The number of rotatable bonds is 9. The van der Waals surface area contributed by atoms with Crippen molar-refractivity contribution < 1.29 is 43.2 Å². The lowest BCUT2D eigenvalue weighted by Gasteiger charge is -2.62. The molecule has 44 heavy (non-hydrogen) atoms. The number of carbonyl (C=O) groups is 4. The van der Waals surface area contributed by atoms with Crippen LogP contribution in [0.4, 0.5) is 0 Å². The summed E-state index contributed by atoms with van der Waals surface area (Å²) in [6.45, 7) is 5.21. The standard InChI is InChI=1S/C35H42O9/c1-34(17-14-22-16-19-42-21-22)25(30(36)37)15-18-35(2)26(33(40)41-3)20-27(43-31(38)23-10-6-4-7-11-23)28(29(34)35)44-32(39)24-12-8-5-9-13-24/h4-13,22,25-29H,14-21H2,1-3H3,(H,36,37)/t22?,25-,26-,27-,28?,29?,34-,35-/m0/s1. The van der Waals surface area contributed by atoms with E-state index in [-0.39, 0.29) is 12.3 Å². The van der Waals surface area contributed by atoms with Crippen molar-refractivity contribution in [1.29, 1.82) is 0 Å². The molecule has 2 aromatic carbocycles. The molecule has 1 heterocycles. The zero-order valence-corrected chi connectivity index (χ0v) is 25.6. The zero-order chi connectivity index (χ0) is 31.5. The minimum absolute atomic E-state index is 0.0786. The molecule has 5 rings (SSSR count). The van der Waals surface area contributed by atoms with Crippen LogP contribution < -0.4 is 0 Å². The highest BCUT2D eigenvalue weighted by Gasteiger charge is 2.67. The van der Waals surface area contributed by atoms with E-state index in [9.17, 15) is 24.3 Å². The lowest BCUT2D eigenvalue weighted by Crippen LogP contribution is -2.65. The topological polar surface area (TPSA) is 125 Å². The lowest BCUT2D eigenvalue weighted by molar-refractivity contribution is -0.217. The number of fused-ring (bicyclic) bond motifs is 1. The molecule has 0 aromatic heterocycles. The van der Waals surface area contributed by atoms with Crippen LogP contribution in [-0.2, 0) is 28.5 Å². The fraction of sp³-hybridized carbons (Fsp3) is 0.543. The molecule has 1 aliphatic heterocycles. The van der Waals surface area contributed by atoms with Gasteiger partial charge in [-0.15, -0.1) is 0 Å². The van der Waals surface area contributed by atoms with Gasteiger partial charge in [0.1, 0.15) is 12.2 Å². The molecule has 1 saturated heterocycles. The van der Waals surface area contributed by atoms with Crippen LogP contribution in [0.2, 0.25) is 0 Å². The van der Waals surface area contributed by atoms with Crippen LogP contribution >= 0.6 is 0 Å². The van der Waals surface area contributed by atoms with Crippen LogP contribution in [0.25, 0.3) is 0 Å². The maximum atomic E-state index is 13.7. The van der Waals surface area contributed by atoms with E-state index in [2.05, 4.69) is 0 Å². The second-order valence-electron chi connectivity index (χ2n) is 13.0. The number of carbonyl (C=O) groups excluding carboxylic acids is 3. The van der Waals surface area contributed by atoms with Crippen LogP contribution in [0.1, 0.15) is 73.1 Å². The summed E-state index contributed by atoms with van der Waals surface area (Å²) in [7, 11) is 1.33. The summed E-state index contributed by atoms with van der Waals surface area (Å²) in [6, 6.07) is 17.0. The number of benzene rings is 2. The third-order valence-corrected chi connectivity index (χ3v) is 10.6. The van der Waals surface area contributed by atoms with Crippen LogP contribution in [-0.4, -0.2) is 61.5 Å². The first-order valence-electron chi connectivity index (χ1n) is 15.5. The van der Waals surface area contributed by atoms with Gasteiger partial charge in [0.15, 0.2) is 0 Å². The van der Waals surface area contributed by atoms with Crippen molar-refractivity contribution >= 4 is 23.9 Å². The Labute approximate surface area is 258 Å². The molecule has 9 heteroatoms. The Bertz CT molecular complexity index is 1340. The Morgan fingerprint density at radius 2 is 1.50 bits per heavy atom. The van der Waals surface area contributed by atoms with E-state index < -0.39 is 64.7 Å². The molecule has 0 radical (unpaired) electrons. The van der Waals surface area contributed by atoms with Crippen LogP contribution in [0.15, 0.2) is 60.7 Å². The van der Waals surface area contributed by atoms with Crippen molar-refractivity contribution in [2.45, 2.75) is 64.6 Å². The van der Waals surface area contributed by atoms with Gasteiger partial charge in [-0.25, -0.2) is 9.59 Å². The minimum atomic E-state index is -1.01. The zero-order valence-electron chi connectivity index (χ0n) is 25.6. The highest BCUT2D eigenvalue weighted by Crippen LogP contribution is 2.64. The van der Waals surface area contributed by atoms with Gasteiger partial charge in [0.25, 0.3) is 0 Å². The summed E-state index contributed by atoms with van der Waals surface area (Å²) in [4.78, 5) is 53.5. The first kappa shape index (κ1) is 31.7. The van der Waals surface area contributed by atoms with Crippen LogP contribution in [0.3, 0.4) is 0 Å². The second kappa shape index (κ2) is 13.1. The average molecular weight is 607 g/mol. The van der Waals surface area contributed by atoms with E-state index in [1.807, 2.05) is 13.8 Å². The van der Waals surface area contributed by atoms with E-state index in [4.69, 9.17) is 18.9 Å². The smallest absolute Gasteiger partial charge is 0.338 e. The maximum absolute atomic E-state index is 13.7. The highest BCUT2D eigenvalue weighted by atomic mass is 16.6. The number of carboxylic acids is 1. The molecule has 2 aromatic rings. The predicted molar refractivity (Wildman–Crippen MR) is 160 cm³/mol. The van der Waals surface area contributed by atoms with Crippen molar-refractivity contribution in [2.24, 2.45) is 34.5 Å². The van der Waals surface area contributed by atoms with Crippen molar-refractivity contribution in [3.05, 3.63) is 71.8 Å². The summed E-state index contributed by atoms with van der Waals surface area (Å²) in [5, 5.41) is 10.6. The first-order valence-corrected chi connectivity index (χ1v) is 15.5. The summed E-state index contributed by atoms with van der Waals surface area (Å²) in [6.07, 6.45) is 0.970. The highest BCUT2D eigenvalue weighted by molar-refractivity contribution is 5.90. The summed E-state index contributed by atoms with van der Waals surface area (Å²) < 4.78 is 23.4. The largest absolute Gasteiger partial charge is 0.481 e. The molecule has 1 N–H and O–H groups in total. The SMILES string of the molecule is COC(=O)[C@@H]1C[C@H](OC(=O)c2ccccc2)C(OC(=O)c2ccccc2)C2[C@@](C)(CCC3CCOC3)[C@H](C(=O)O)CC[C@]21C. The van der Waals surface area contributed by atoms with Crippen LogP contribution in [0, 0.1) is 34.5 Å². The molecule has 2 saturated carbocycles. The van der Waals surface area contributed by atoms with Gasteiger partial charge < -0.3 is 24.1 Å². The normalized spacial score (nSPS) is 33.1. The summed E-state index contributed by atoms with van der Waals surface area (Å²) >= 11 is 0. The van der Waals surface area contributed by atoms with Crippen molar-refractivity contribution in [2.75, 3.05) is 20.3 Å². The number of ether oxygens (including phenoxy) is 4. The molecule has 2 aliphatic carbocycles. The molecule has 8 atom stereocenters. The predicted octanol–water partition coefficient (Wildman–Crippen LogP) is 5.57. The number of hydrogen-bond donors (Lipinski definition) is 1. The van der Waals surface area contributed by atoms with Crippen molar-refractivity contribution in [3.8, 4) is 0 Å². The van der Waals surface area contributed by atoms with Gasteiger partial charge in [0.05, 0.1) is 30.1 Å². The third kappa shape index (κ3) is 6.11. The number of aliphatic carboxylic acids is 1. The molecule has 3 aliphatic rings. The van der Waals surface area contributed by atoms with Crippen molar-refractivity contribution in [1.82, 2.24) is 0 Å². The fourth-order valence-electron chi connectivity index (χ4n) is 8.28. The average Bonchev–Trinajstić information content (AvgIpc) is 3.55. The number of esters is 3. The van der Waals surface area contributed by atoms with E-state index in [1.165, 1.54) is 7.11 Å². The Morgan fingerprint density at radius 1 is 0.886 bits per heavy atom. The van der Waals surface area contributed by atoms with E-state index in [1.54, 1.807) is 60.7 Å². The molecule has 9 nitrogen and oxygen atoms in total. The van der Waals surface area contributed by atoms with Gasteiger partial charge in [0, 0.05) is 25.6 Å². The summed E-state index contributed by atoms with van der Waals surface area (Å²) in [5.41, 5.74) is -1.06. The van der Waals surface area contributed by atoms with E-state index in [0.29, 0.717) is 43.6 Å². The molecule has 3 unspecified atom stereocenters. The Hall–Kier alpha value is -3.72. The Morgan fingerprint density at radius 3 is 2.05 bits per heavy atom. The number of methoxy groups -OCH3 is 1. The van der Waals surface area contributed by atoms with Gasteiger partial charge in [-0.2, -0.15) is 0 Å². The summed E-state index contributed by atoms with van der Waals surface area (Å²) in [5.74, 6) is -4.41. The molecule has 236 valence electrons. The molecule has 0 bridgehead atoms. The van der Waals surface area contributed by atoms with Crippen LogP contribution in [0.5, 0.6) is 0 Å². The van der Waals surface area contributed by atoms with Gasteiger partial charge >= 0.3 is 23.9 Å². The van der Waals surface area contributed by atoms with Gasteiger partial charge in [-0.3, -0.25) is 9.59 Å². The second-order valence-corrected chi connectivity index (χ2v) is 13.0. The number of carboxylic acid groups (broad SMARTS) is 1. The first-order chi connectivity index (χ1) is 21.1. The monoisotopic (exact) mass is 606 g/mol. The Balaban J connectivity index is 1.62. The molecule has 0 spiro atoms. The quantitative estimate of drug-likeness (QED) is 0.288. The number of hydrogen-bond acceptors (Lipinski definition) is 8. The lowest BCUT2D eigenvalue weighted by atomic mass is 9.43. The maximum Gasteiger partial charge on any atom is 0.338 e. The van der Waals surface area contributed by atoms with E-state index >= 15 is 0 Å². The molecular formula is C35H42O9.